The van der Waals surface area contributed by atoms with Crippen LogP contribution in [-0.4, -0.2) is 29.1 Å². The molecule has 0 bridgehead atoms. The van der Waals surface area contributed by atoms with Crippen LogP contribution in [0.4, 0.5) is 18.9 Å². The number of benzene rings is 1. The van der Waals surface area contributed by atoms with E-state index in [2.05, 4.69) is 0 Å². The van der Waals surface area contributed by atoms with E-state index in [1.807, 2.05) is 12.2 Å². The van der Waals surface area contributed by atoms with E-state index < -0.39 is 24.0 Å². The number of carbonyl (C=O) groups is 3. The molecule has 0 aromatic heterocycles. The van der Waals surface area contributed by atoms with Crippen molar-refractivity contribution in [3.63, 3.8) is 0 Å². The second-order valence-corrected chi connectivity index (χ2v) is 6.84. The summed E-state index contributed by atoms with van der Waals surface area (Å²) in [6, 6.07) is 0. The molecule has 9 heteroatoms. The standard InChI is InChI=1S/C20H22F3NO5/c1-4-12-11(3)14-9-29-18(27)16(14)17(24-19(28)20(21,22)23)13(12)7-5-10(2)6-8-15(25)26/h5H,4,6-9H2,1-3H3,(H,24,28)(H,25,26)/b10-5+. The van der Waals surface area contributed by atoms with Crippen molar-refractivity contribution in [2.45, 2.75) is 59.2 Å². The minimum absolute atomic E-state index is 0.0520. The lowest BCUT2D eigenvalue weighted by Crippen LogP contribution is -2.31. The second kappa shape index (κ2) is 8.67. The molecule has 0 atom stereocenters. The molecule has 0 radical (unpaired) electrons. The summed E-state index contributed by atoms with van der Waals surface area (Å²) in [6.45, 7) is 5.25. The zero-order valence-corrected chi connectivity index (χ0v) is 16.3. The number of alkyl halides is 3. The van der Waals surface area contributed by atoms with E-state index in [9.17, 15) is 27.6 Å². The summed E-state index contributed by atoms with van der Waals surface area (Å²) in [7, 11) is 0. The number of carboxylic acids is 1. The number of hydrogen-bond donors (Lipinski definition) is 2. The SMILES string of the molecule is CCc1c(C)c2c(c(NC(=O)C(F)(F)F)c1C/C=C(\C)CCC(=O)O)C(=O)OC2. The fraction of sp³-hybridized carbons (Fsp3) is 0.450. The van der Waals surface area contributed by atoms with Gasteiger partial charge in [-0.15, -0.1) is 0 Å². The molecule has 2 N–H and O–H groups in total. The third-order valence-electron chi connectivity index (χ3n) is 4.91. The van der Waals surface area contributed by atoms with Gasteiger partial charge in [0, 0.05) is 12.0 Å². The first-order chi connectivity index (χ1) is 13.5. The van der Waals surface area contributed by atoms with Crippen LogP contribution in [0.1, 0.15) is 59.3 Å². The highest BCUT2D eigenvalue weighted by molar-refractivity contribution is 6.06. The Kier molecular flexibility index (Phi) is 6.71. The number of aliphatic carboxylic acids is 1. The maximum Gasteiger partial charge on any atom is 0.471 e. The minimum atomic E-state index is -5.11. The highest BCUT2D eigenvalue weighted by Crippen LogP contribution is 2.38. The van der Waals surface area contributed by atoms with Gasteiger partial charge < -0.3 is 15.2 Å². The van der Waals surface area contributed by atoms with Crippen LogP contribution in [0, 0.1) is 6.92 Å². The van der Waals surface area contributed by atoms with Crippen LogP contribution in [0.15, 0.2) is 11.6 Å². The molecule has 0 fully saturated rings. The Bertz CT molecular complexity index is 887. The monoisotopic (exact) mass is 413 g/mol. The molecule has 158 valence electrons. The fourth-order valence-electron chi connectivity index (χ4n) is 3.37. The Morgan fingerprint density at radius 3 is 2.45 bits per heavy atom. The number of allylic oxidation sites excluding steroid dienone is 2. The molecule has 1 aromatic carbocycles. The first-order valence-electron chi connectivity index (χ1n) is 9.07. The van der Waals surface area contributed by atoms with Gasteiger partial charge in [0.2, 0.25) is 0 Å². The van der Waals surface area contributed by atoms with Crippen molar-refractivity contribution >= 4 is 23.5 Å². The van der Waals surface area contributed by atoms with E-state index >= 15 is 0 Å². The Balaban J connectivity index is 2.57. The number of cyclic esters (lactones) is 1. The number of ether oxygens (including phenoxy) is 1. The number of nitrogens with one attached hydrogen (secondary N) is 1. The van der Waals surface area contributed by atoms with Gasteiger partial charge in [0.25, 0.3) is 0 Å². The van der Waals surface area contributed by atoms with Crippen molar-refractivity contribution in [3.05, 3.63) is 39.5 Å². The molecule has 1 amide bonds. The molecule has 1 aliphatic heterocycles. The highest BCUT2D eigenvalue weighted by Gasteiger charge is 2.41. The number of hydrogen-bond acceptors (Lipinski definition) is 4. The summed E-state index contributed by atoms with van der Waals surface area (Å²) in [5.41, 5.74) is 2.84. The normalized spacial score (nSPS) is 13.9. The number of carboxylic acid groups (broad SMARTS) is 1. The van der Waals surface area contributed by atoms with Gasteiger partial charge in [-0.25, -0.2) is 4.79 Å². The molecule has 1 aromatic rings. The van der Waals surface area contributed by atoms with E-state index in [-0.39, 0.29) is 37.1 Å². The van der Waals surface area contributed by atoms with Gasteiger partial charge in [-0.2, -0.15) is 13.2 Å². The average Bonchev–Trinajstić information content (AvgIpc) is 3.01. The third kappa shape index (κ3) is 4.96. The Morgan fingerprint density at radius 1 is 1.24 bits per heavy atom. The molecular formula is C20H22F3NO5. The zero-order chi connectivity index (χ0) is 21.9. The van der Waals surface area contributed by atoms with Crippen LogP contribution in [0.3, 0.4) is 0 Å². The minimum Gasteiger partial charge on any atom is -0.481 e. The lowest BCUT2D eigenvalue weighted by molar-refractivity contribution is -0.167. The van der Waals surface area contributed by atoms with Crippen molar-refractivity contribution < 1.29 is 37.4 Å². The molecule has 0 spiro atoms. The molecule has 2 rings (SSSR count). The molecule has 0 aliphatic carbocycles. The molecule has 0 saturated carbocycles. The number of anilines is 1. The fourth-order valence-corrected chi connectivity index (χ4v) is 3.37. The van der Waals surface area contributed by atoms with Gasteiger partial charge in [0.1, 0.15) is 6.61 Å². The highest BCUT2D eigenvalue weighted by atomic mass is 19.4. The van der Waals surface area contributed by atoms with E-state index in [1.54, 1.807) is 19.9 Å². The summed E-state index contributed by atoms with van der Waals surface area (Å²) in [5, 5.41) is 10.7. The first-order valence-corrected chi connectivity index (χ1v) is 9.07. The van der Waals surface area contributed by atoms with Gasteiger partial charge in [0.15, 0.2) is 0 Å². The van der Waals surface area contributed by atoms with Crippen LogP contribution >= 0.6 is 0 Å². The van der Waals surface area contributed by atoms with Gasteiger partial charge >= 0.3 is 24.0 Å². The maximum atomic E-state index is 12.9. The molecule has 0 saturated heterocycles. The molecular weight excluding hydrogens is 391 g/mol. The lowest BCUT2D eigenvalue weighted by Gasteiger charge is -2.20. The van der Waals surface area contributed by atoms with Gasteiger partial charge in [-0.3, -0.25) is 9.59 Å². The molecule has 6 nitrogen and oxygen atoms in total. The number of halogens is 3. The second-order valence-electron chi connectivity index (χ2n) is 6.84. The van der Waals surface area contributed by atoms with Crippen molar-refractivity contribution in [3.8, 4) is 0 Å². The average molecular weight is 413 g/mol. The van der Waals surface area contributed by atoms with E-state index in [4.69, 9.17) is 9.84 Å². The Hall–Kier alpha value is -2.84. The molecule has 0 unspecified atom stereocenters. The van der Waals surface area contributed by atoms with Gasteiger partial charge in [0.05, 0.1) is 11.3 Å². The van der Waals surface area contributed by atoms with Crippen molar-refractivity contribution in [2.24, 2.45) is 0 Å². The Labute approximate surface area is 165 Å². The number of fused-ring (bicyclic) bond motifs is 1. The Morgan fingerprint density at radius 2 is 1.90 bits per heavy atom. The predicted molar refractivity (Wildman–Crippen MR) is 98.7 cm³/mol. The molecule has 1 heterocycles. The summed E-state index contributed by atoms with van der Waals surface area (Å²) in [5.74, 6) is -3.91. The molecule has 29 heavy (non-hydrogen) atoms. The largest absolute Gasteiger partial charge is 0.481 e. The van der Waals surface area contributed by atoms with Crippen molar-refractivity contribution in [2.75, 3.05) is 5.32 Å². The third-order valence-corrected chi connectivity index (χ3v) is 4.91. The van der Waals surface area contributed by atoms with Crippen LogP contribution in [0.5, 0.6) is 0 Å². The van der Waals surface area contributed by atoms with Crippen LogP contribution in [0.25, 0.3) is 0 Å². The number of esters is 1. The quantitative estimate of drug-likeness (QED) is 0.519. The molecule has 1 aliphatic rings. The van der Waals surface area contributed by atoms with E-state index in [0.717, 1.165) is 16.7 Å². The maximum absolute atomic E-state index is 12.9. The summed E-state index contributed by atoms with van der Waals surface area (Å²) in [6.07, 6.45) is -2.59. The van der Waals surface area contributed by atoms with Crippen LogP contribution in [-0.2, 0) is 33.8 Å². The topological polar surface area (TPSA) is 92.7 Å². The lowest BCUT2D eigenvalue weighted by atomic mass is 9.88. The summed E-state index contributed by atoms with van der Waals surface area (Å²) in [4.78, 5) is 34.5. The van der Waals surface area contributed by atoms with Crippen molar-refractivity contribution in [1.82, 2.24) is 0 Å². The smallest absolute Gasteiger partial charge is 0.471 e. The zero-order valence-electron chi connectivity index (χ0n) is 16.3. The van der Waals surface area contributed by atoms with E-state index in [0.29, 0.717) is 17.5 Å². The summed E-state index contributed by atoms with van der Waals surface area (Å²) < 4.78 is 43.6. The number of rotatable bonds is 7. The predicted octanol–water partition coefficient (Wildman–Crippen LogP) is 4.08. The van der Waals surface area contributed by atoms with Crippen LogP contribution < -0.4 is 5.32 Å². The summed E-state index contributed by atoms with van der Waals surface area (Å²) >= 11 is 0. The van der Waals surface area contributed by atoms with Crippen LogP contribution in [0.2, 0.25) is 0 Å². The van der Waals surface area contributed by atoms with Gasteiger partial charge in [-0.05, 0) is 49.8 Å². The number of amides is 1. The van der Waals surface area contributed by atoms with Gasteiger partial charge in [-0.1, -0.05) is 18.6 Å². The first kappa shape index (κ1) is 22.4. The van der Waals surface area contributed by atoms with Crippen molar-refractivity contribution in [1.29, 1.82) is 0 Å². The number of carbonyl (C=O) groups excluding carboxylic acids is 2. The van der Waals surface area contributed by atoms with E-state index in [1.165, 1.54) is 0 Å².